The summed E-state index contributed by atoms with van der Waals surface area (Å²) in [6.45, 7) is 6.05. The molecule has 1 saturated heterocycles. The van der Waals surface area contributed by atoms with Gasteiger partial charge in [-0.15, -0.1) is 0 Å². The highest BCUT2D eigenvalue weighted by Gasteiger charge is 2.67. The highest BCUT2D eigenvalue weighted by molar-refractivity contribution is 6.42. The molecule has 1 spiro atoms. The fourth-order valence-electron chi connectivity index (χ4n) is 6.39. The summed E-state index contributed by atoms with van der Waals surface area (Å²) in [4.78, 5) is 7.98. The molecule has 1 aromatic carbocycles. The number of rotatable bonds is 1. The van der Waals surface area contributed by atoms with Gasteiger partial charge in [-0.05, 0) is 55.2 Å². The van der Waals surface area contributed by atoms with E-state index in [1.165, 1.54) is 30.7 Å². The van der Waals surface area contributed by atoms with Gasteiger partial charge in [-0.3, -0.25) is 4.99 Å². The number of hydrogen-bond donors (Lipinski definition) is 0. The van der Waals surface area contributed by atoms with Crippen LogP contribution in [-0.2, 0) is 10.2 Å². The second-order valence-corrected chi connectivity index (χ2v) is 9.40. The van der Waals surface area contributed by atoms with Crippen molar-refractivity contribution in [2.75, 3.05) is 26.3 Å². The number of fused-ring (bicyclic) bond motifs is 3. The highest BCUT2D eigenvalue weighted by Crippen LogP contribution is 2.67. The van der Waals surface area contributed by atoms with Crippen LogP contribution in [0.2, 0.25) is 10.0 Å². The van der Waals surface area contributed by atoms with Crippen molar-refractivity contribution in [1.29, 1.82) is 0 Å². The molecule has 2 saturated carbocycles. The molecule has 2 aliphatic heterocycles. The van der Waals surface area contributed by atoms with Crippen LogP contribution in [0.1, 0.15) is 44.6 Å². The number of benzene rings is 1. The zero-order valence-electron chi connectivity index (χ0n) is 15.3. The Bertz CT molecular complexity index is 760. The molecule has 5 rings (SSSR count). The van der Waals surface area contributed by atoms with Crippen molar-refractivity contribution in [3.8, 4) is 0 Å². The van der Waals surface area contributed by atoms with E-state index >= 15 is 0 Å². The molecule has 5 heteroatoms. The molecule has 0 radical (unpaired) electrons. The number of hydrogen-bond acceptors (Lipinski definition) is 3. The summed E-state index contributed by atoms with van der Waals surface area (Å²) in [7, 11) is 0. The van der Waals surface area contributed by atoms with Gasteiger partial charge in [-0.2, -0.15) is 0 Å². The Morgan fingerprint density at radius 2 is 1.88 bits per heavy atom. The SMILES string of the molecule is CC1(c2ccc(Cl)c(Cl)c2)C2CCC(C2)C12CCC(N1CCOCC1)=N2. The zero-order chi connectivity index (χ0) is 17.9. The van der Waals surface area contributed by atoms with Crippen molar-refractivity contribution in [2.24, 2.45) is 16.8 Å². The molecule has 1 aromatic rings. The molecule has 26 heavy (non-hydrogen) atoms. The summed E-state index contributed by atoms with van der Waals surface area (Å²) in [5, 5.41) is 1.30. The van der Waals surface area contributed by atoms with Crippen molar-refractivity contribution >= 4 is 29.0 Å². The number of amidine groups is 1. The monoisotopic (exact) mass is 392 g/mol. The van der Waals surface area contributed by atoms with Crippen LogP contribution >= 0.6 is 23.2 Å². The van der Waals surface area contributed by atoms with Crippen LogP contribution in [0.4, 0.5) is 0 Å². The molecule has 4 aliphatic rings. The minimum absolute atomic E-state index is 0.0285. The fourth-order valence-corrected chi connectivity index (χ4v) is 6.69. The van der Waals surface area contributed by atoms with Crippen LogP contribution < -0.4 is 0 Å². The first-order valence-electron chi connectivity index (χ1n) is 9.91. The third kappa shape index (κ3) is 2.26. The minimum Gasteiger partial charge on any atom is -0.378 e. The molecule has 140 valence electrons. The van der Waals surface area contributed by atoms with Gasteiger partial charge < -0.3 is 9.64 Å². The molecule has 2 bridgehead atoms. The lowest BCUT2D eigenvalue weighted by molar-refractivity contribution is 0.0673. The van der Waals surface area contributed by atoms with Crippen molar-refractivity contribution in [3.63, 3.8) is 0 Å². The third-order valence-corrected chi connectivity index (χ3v) is 8.52. The summed E-state index contributed by atoms with van der Waals surface area (Å²) < 4.78 is 5.54. The molecule has 3 fully saturated rings. The van der Waals surface area contributed by atoms with E-state index in [-0.39, 0.29) is 11.0 Å². The summed E-state index contributed by atoms with van der Waals surface area (Å²) in [5.74, 6) is 2.70. The third-order valence-electron chi connectivity index (χ3n) is 7.78. The van der Waals surface area contributed by atoms with Crippen LogP contribution in [0.3, 0.4) is 0 Å². The van der Waals surface area contributed by atoms with Crippen molar-refractivity contribution in [3.05, 3.63) is 33.8 Å². The smallest absolute Gasteiger partial charge is 0.0998 e. The lowest BCUT2D eigenvalue weighted by Gasteiger charge is -2.48. The van der Waals surface area contributed by atoms with Crippen LogP contribution in [-0.4, -0.2) is 42.6 Å². The van der Waals surface area contributed by atoms with Crippen LogP contribution in [0.5, 0.6) is 0 Å². The molecule has 0 amide bonds. The first-order chi connectivity index (χ1) is 12.5. The van der Waals surface area contributed by atoms with Crippen LogP contribution in [0.15, 0.2) is 23.2 Å². The number of nitrogens with zero attached hydrogens (tertiary/aromatic N) is 2. The van der Waals surface area contributed by atoms with E-state index in [0.29, 0.717) is 21.9 Å². The maximum absolute atomic E-state index is 6.41. The first kappa shape index (κ1) is 17.3. The van der Waals surface area contributed by atoms with Gasteiger partial charge >= 0.3 is 0 Å². The van der Waals surface area contributed by atoms with Gasteiger partial charge in [0, 0.05) is 24.9 Å². The van der Waals surface area contributed by atoms with E-state index in [4.69, 9.17) is 32.9 Å². The Morgan fingerprint density at radius 1 is 1.12 bits per heavy atom. The van der Waals surface area contributed by atoms with Gasteiger partial charge in [0.2, 0.25) is 0 Å². The molecule has 3 nitrogen and oxygen atoms in total. The molecular weight excluding hydrogens is 367 g/mol. The molecule has 4 atom stereocenters. The Labute approximate surface area is 165 Å². The molecule has 0 N–H and O–H groups in total. The normalized spacial score (nSPS) is 39.0. The topological polar surface area (TPSA) is 24.8 Å². The summed E-state index contributed by atoms with van der Waals surface area (Å²) in [6.07, 6.45) is 6.20. The Kier molecular flexibility index (Phi) is 4.08. The zero-order valence-corrected chi connectivity index (χ0v) is 16.8. The van der Waals surface area contributed by atoms with E-state index in [1.54, 1.807) is 0 Å². The van der Waals surface area contributed by atoms with Crippen molar-refractivity contribution < 1.29 is 4.74 Å². The van der Waals surface area contributed by atoms with Crippen molar-refractivity contribution in [1.82, 2.24) is 4.90 Å². The van der Waals surface area contributed by atoms with E-state index in [9.17, 15) is 0 Å². The fraction of sp³-hybridized carbons (Fsp3) is 0.667. The van der Waals surface area contributed by atoms with Gasteiger partial charge in [-0.1, -0.05) is 36.2 Å². The number of aliphatic imine (C=N–C) groups is 1. The highest BCUT2D eigenvalue weighted by atomic mass is 35.5. The largest absolute Gasteiger partial charge is 0.378 e. The van der Waals surface area contributed by atoms with Crippen LogP contribution in [0.25, 0.3) is 0 Å². The number of ether oxygens (including phenoxy) is 1. The summed E-state index contributed by atoms with van der Waals surface area (Å²) in [5.41, 5.74) is 1.41. The average Bonchev–Trinajstić information content (AvgIpc) is 3.36. The van der Waals surface area contributed by atoms with Crippen molar-refractivity contribution in [2.45, 2.75) is 50.0 Å². The minimum atomic E-state index is 0.0285. The molecule has 4 unspecified atom stereocenters. The van der Waals surface area contributed by atoms with Gasteiger partial charge in [0.05, 0.1) is 34.6 Å². The Morgan fingerprint density at radius 3 is 2.65 bits per heavy atom. The van der Waals surface area contributed by atoms with Gasteiger partial charge in [-0.25, -0.2) is 0 Å². The van der Waals surface area contributed by atoms with E-state index in [1.807, 2.05) is 6.07 Å². The lowest BCUT2D eigenvalue weighted by Crippen LogP contribution is -2.51. The van der Waals surface area contributed by atoms with Gasteiger partial charge in [0.1, 0.15) is 0 Å². The first-order valence-corrected chi connectivity index (χ1v) is 10.7. The molecule has 2 heterocycles. The van der Waals surface area contributed by atoms with E-state index in [0.717, 1.165) is 39.1 Å². The van der Waals surface area contributed by atoms with Gasteiger partial charge in [0.25, 0.3) is 0 Å². The molecular formula is C21H26Cl2N2O. The lowest BCUT2D eigenvalue weighted by atomic mass is 9.58. The second-order valence-electron chi connectivity index (χ2n) is 8.59. The van der Waals surface area contributed by atoms with Gasteiger partial charge in [0.15, 0.2) is 0 Å². The summed E-state index contributed by atoms with van der Waals surface area (Å²) >= 11 is 12.6. The number of morpholine rings is 1. The Balaban J connectivity index is 1.58. The van der Waals surface area contributed by atoms with E-state index < -0.39 is 0 Å². The standard InChI is InChI=1S/C21H26Cl2N2O/c1-20(15-4-5-17(22)18(23)13-15)14-2-3-16(12-14)21(20)7-6-19(24-21)25-8-10-26-11-9-25/h4-5,13-14,16H,2-3,6-12H2,1H3. The van der Waals surface area contributed by atoms with Crippen LogP contribution in [0, 0.1) is 11.8 Å². The maximum atomic E-state index is 6.41. The molecule has 2 aliphatic carbocycles. The second kappa shape index (κ2) is 6.12. The average molecular weight is 393 g/mol. The predicted molar refractivity (Wildman–Crippen MR) is 106 cm³/mol. The summed E-state index contributed by atoms with van der Waals surface area (Å²) in [6, 6.07) is 6.26. The Hall–Kier alpha value is -0.770. The quantitative estimate of drug-likeness (QED) is 0.675. The molecule has 0 aromatic heterocycles. The maximum Gasteiger partial charge on any atom is 0.0998 e. The number of halogens is 2. The predicted octanol–water partition coefficient (Wildman–Crippen LogP) is 4.94. The van der Waals surface area contributed by atoms with E-state index in [2.05, 4.69) is 24.0 Å².